The fourth-order valence-corrected chi connectivity index (χ4v) is 5.28. The number of carbonyl (C=O) groups is 4. The summed E-state index contributed by atoms with van der Waals surface area (Å²) in [5.74, 6) is -1.63. The first-order valence-electron chi connectivity index (χ1n) is 11.5. The maximum absolute atomic E-state index is 13.0. The number of carbonyl (C=O) groups excluding carboxylic acids is 4. The van der Waals surface area contributed by atoms with E-state index in [9.17, 15) is 19.2 Å². The second kappa shape index (κ2) is 8.46. The van der Waals surface area contributed by atoms with Gasteiger partial charge in [-0.1, -0.05) is 37.5 Å². The Morgan fingerprint density at radius 2 is 1.70 bits per heavy atom. The molecule has 1 atom stereocenters. The van der Waals surface area contributed by atoms with Crippen molar-refractivity contribution in [1.29, 1.82) is 0 Å². The first-order chi connectivity index (χ1) is 16.0. The van der Waals surface area contributed by atoms with Crippen LogP contribution in [0.5, 0.6) is 0 Å². The number of para-hydroxylation sites is 1. The van der Waals surface area contributed by atoms with Gasteiger partial charge in [-0.2, -0.15) is 0 Å². The molecule has 5 rings (SSSR count). The Morgan fingerprint density at radius 1 is 0.970 bits per heavy atom. The summed E-state index contributed by atoms with van der Waals surface area (Å²) in [6.45, 7) is 1.57. The number of ether oxygens (including phenoxy) is 1. The fourth-order valence-electron chi connectivity index (χ4n) is 5.28. The predicted molar refractivity (Wildman–Crippen MR) is 121 cm³/mol. The van der Waals surface area contributed by atoms with Gasteiger partial charge >= 0.3 is 5.97 Å². The lowest BCUT2D eigenvalue weighted by atomic mass is 9.94. The van der Waals surface area contributed by atoms with E-state index in [-0.39, 0.29) is 40.9 Å². The lowest BCUT2D eigenvalue weighted by Crippen LogP contribution is -2.40. The van der Waals surface area contributed by atoms with Crippen molar-refractivity contribution < 1.29 is 23.9 Å². The van der Waals surface area contributed by atoms with E-state index in [1.807, 2.05) is 31.2 Å². The zero-order valence-corrected chi connectivity index (χ0v) is 18.6. The van der Waals surface area contributed by atoms with E-state index in [1.54, 1.807) is 4.90 Å². The first kappa shape index (κ1) is 21.4. The molecular weight excluding hydrogens is 420 g/mol. The number of imide groups is 1. The third-order valence-electron chi connectivity index (χ3n) is 6.90. The number of fused-ring (bicyclic) bond motifs is 2. The van der Waals surface area contributed by atoms with E-state index in [2.05, 4.69) is 0 Å². The van der Waals surface area contributed by atoms with Gasteiger partial charge in [-0.15, -0.1) is 0 Å². The molecule has 1 saturated carbocycles. The second-order valence-electron chi connectivity index (χ2n) is 9.05. The van der Waals surface area contributed by atoms with Gasteiger partial charge in [0.2, 0.25) is 0 Å². The van der Waals surface area contributed by atoms with Crippen LogP contribution in [0.15, 0.2) is 42.5 Å². The van der Waals surface area contributed by atoms with Crippen molar-refractivity contribution in [3.63, 3.8) is 0 Å². The number of hydrogen-bond donors (Lipinski definition) is 0. The van der Waals surface area contributed by atoms with Crippen molar-refractivity contribution in [2.24, 2.45) is 0 Å². The van der Waals surface area contributed by atoms with Gasteiger partial charge in [0.25, 0.3) is 17.7 Å². The molecule has 7 nitrogen and oxygen atoms in total. The summed E-state index contributed by atoms with van der Waals surface area (Å²) in [4.78, 5) is 54.3. The van der Waals surface area contributed by atoms with Gasteiger partial charge in [0.05, 0.1) is 16.7 Å². The SMILES string of the molecule is CC1Cc2ccccc2N1C(=O)COC(=O)c1ccc2c(c1)C(=O)N(C1CCCCC1)C2=O. The van der Waals surface area contributed by atoms with E-state index in [0.29, 0.717) is 5.56 Å². The highest BCUT2D eigenvalue weighted by atomic mass is 16.5. The highest BCUT2D eigenvalue weighted by Crippen LogP contribution is 2.33. The molecule has 1 fully saturated rings. The summed E-state index contributed by atoms with van der Waals surface area (Å²) < 4.78 is 5.29. The Morgan fingerprint density at radius 3 is 2.48 bits per heavy atom. The Bertz CT molecular complexity index is 1150. The standard InChI is InChI=1S/C26H26N2O5/c1-16-13-17-7-5-6-10-22(17)27(16)23(29)15-33-26(32)18-11-12-20-21(14-18)25(31)28(24(20)30)19-8-3-2-4-9-19/h5-7,10-12,14,16,19H,2-4,8-9,13,15H2,1H3. The normalized spacial score (nSPS) is 20.1. The monoisotopic (exact) mass is 446 g/mol. The Labute approximate surface area is 192 Å². The minimum atomic E-state index is -0.692. The molecule has 2 aliphatic heterocycles. The third kappa shape index (κ3) is 3.71. The quantitative estimate of drug-likeness (QED) is 0.528. The maximum atomic E-state index is 13.0. The van der Waals surface area contributed by atoms with E-state index in [4.69, 9.17) is 4.74 Å². The van der Waals surface area contributed by atoms with Crippen LogP contribution in [-0.4, -0.2) is 47.3 Å². The van der Waals surface area contributed by atoms with E-state index in [0.717, 1.165) is 49.8 Å². The van der Waals surface area contributed by atoms with Gasteiger partial charge in [-0.05, 0) is 56.0 Å². The number of anilines is 1. The Balaban J connectivity index is 1.27. The van der Waals surface area contributed by atoms with Crippen LogP contribution in [0.4, 0.5) is 5.69 Å². The van der Waals surface area contributed by atoms with E-state index >= 15 is 0 Å². The number of rotatable bonds is 4. The van der Waals surface area contributed by atoms with Crippen LogP contribution in [0.1, 0.15) is 75.7 Å². The first-order valence-corrected chi connectivity index (χ1v) is 11.5. The number of amides is 3. The molecule has 0 bridgehead atoms. The molecule has 3 amide bonds. The van der Waals surface area contributed by atoms with Gasteiger partial charge in [-0.25, -0.2) is 4.79 Å². The van der Waals surface area contributed by atoms with E-state index < -0.39 is 12.6 Å². The van der Waals surface area contributed by atoms with Gasteiger partial charge in [0, 0.05) is 17.8 Å². The van der Waals surface area contributed by atoms with Crippen molar-refractivity contribution in [3.8, 4) is 0 Å². The fraction of sp³-hybridized carbons (Fsp3) is 0.385. The van der Waals surface area contributed by atoms with Gasteiger partial charge < -0.3 is 9.64 Å². The van der Waals surface area contributed by atoms with Crippen LogP contribution >= 0.6 is 0 Å². The van der Waals surface area contributed by atoms with Crippen LogP contribution < -0.4 is 4.90 Å². The molecule has 2 aromatic carbocycles. The molecule has 0 radical (unpaired) electrons. The van der Waals surface area contributed by atoms with Gasteiger partial charge in [0.15, 0.2) is 6.61 Å². The summed E-state index contributed by atoms with van der Waals surface area (Å²) in [5, 5.41) is 0. The minimum Gasteiger partial charge on any atom is -0.452 e. The highest BCUT2D eigenvalue weighted by molar-refractivity contribution is 6.22. The average Bonchev–Trinajstić information content (AvgIpc) is 3.30. The average molecular weight is 447 g/mol. The summed E-state index contributed by atoms with van der Waals surface area (Å²) in [5.41, 5.74) is 2.64. The third-order valence-corrected chi connectivity index (χ3v) is 6.90. The summed E-state index contributed by atoms with van der Waals surface area (Å²) in [6, 6.07) is 12.0. The van der Waals surface area contributed by atoms with Gasteiger partial charge in [0.1, 0.15) is 0 Å². The number of esters is 1. The lowest BCUT2D eigenvalue weighted by Gasteiger charge is -2.29. The molecule has 1 aliphatic carbocycles. The van der Waals surface area contributed by atoms with E-state index in [1.165, 1.54) is 23.1 Å². The zero-order chi connectivity index (χ0) is 23.1. The molecular formula is C26H26N2O5. The Hall–Kier alpha value is -3.48. The number of hydrogen-bond acceptors (Lipinski definition) is 5. The van der Waals surface area contributed by atoms with Crippen molar-refractivity contribution in [3.05, 3.63) is 64.7 Å². The molecule has 0 N–H and O–H groups in total. The summed E-state index contributed by atoms with van der Waals surface area (Å²) in [7, 11) is 0. The van der Waals surface area contributed by atoms with Crippen molar-refractivity contribution in [2.75, 3.05) is 11.5 Å². The molecule has 33 heavy (non-hydrogen) atoms. The lowest BCUT2D eigenvalue weighted by molar-refractivity contribution is -0.122. The molecule has 3 aliphatic rings. The molecule has 0 aromatic heterocycles. The zero-order valence-electron chi connectivity index (χ0n) is 18.6. The number of benzene rings is 2. The van der Waals surface area contributed by atoms with Crippen LogP contribution in [0.2, 0.25) is 0 Å². The molecule has 2 aromatic rings. The molecule has 7 heteroatoms. The topological polar surface area (TPSA) is 84.0 Å². The van der Waals surface area contributed by atoms with Crippen LogP contribution in [0.3, 0.4) is 0 Å². The molecule has 1 unspecified atom stereocenters. The van der Waals surface area contributed by atoms with Crippen molar-refractivity contribution in [1.82, 2.24) is 4.90 Å². The second-order valence-corrected chi connectivity index (χ2v) is 9.05. The summed E-state index contributed by atoms with van der Waals surface area (Å²) in [6.07, 6.45) is 5.53. The largest absolute Gasteiger partial charge is 0.452 e. The number of nitrogens with zero attached hydrogens (tertiary/aromatic N) is 2. The van der Waals surface area contributed by atoms with Crippen LogP contribution in [0.25, 0.3) is 0 Å². The smallest absolute Gasteiger partial charge is 0.338 e. The molecule has 2 heterocycles. The van der Waals surface area contributed by atoms with Crippen LogP contribution in [0, 0.1) is 0 Å². The predicted octanol–water partition coefficient (Wildman–Crippen LogP) is 3.75. The summed E-state index contributed by atoms with van der Waals surface area (Å²) >= 11 is 0. The molecule has 170 valence electrons. The molecule has 0 spiro atoms. The van der Waals surface area contributed by atoms with Crippen molar-refractivity contribution >= 4 is 29.4 Å². The van der Waals surface area contributed by atoms with Crippen LogP contribution in [-0.2, 0) is 16.0 Å². The molecule has 0 saturated heterocycles. The highest BCUT2D eigenvalue weighted by Gasteiger charge is 2.40. The van der Waals surface area contributed by atoms with Crippen molar-refractivity contribution in [2.45, 2.75) is 57.5 Å². The minimum absolute atomic E-state index is 0.0111. The van der Waals surface area contributed by atoms with Gasteiger partial charge in [-0.3, -0.25) is 19.3 Å². The maximum Gasteiger partial charge on any atom is 0.338 e. The Kier molecular flexibility index (Phi) is 5.48.